The second-order valence-corrected chi connectivity index (χ2v) is 18.0. The van der Waals surface area contributed by atoms with Crippen molar-refractivity contribution in [1.29, 1.82) is 0 Å². The van der Waals surface area contributed by atoms with Gasteiger partial charge in [-0.3, -0.25) is 53.7 Å². The van der Waals surface area contributed by atoms with E-state index in [1.54, 1.807) is 36.5 Å². The van der Waals surface area contributed by atoms with Gasteiger partial charge in [0.25, 0.3) is 0 Å². The summed E-state index contributed by atoms with van der Waals surface area (Å²) in [5, 5.41) is 34.5. The zero-order valence-electron chi connectivity index (χ0n) is 41.6. The van der Waals surface area contributed by atoms with Crippen molar-refractivity contribution >= 4 is 70.1 Å². The van der Waals surface area contributed by atoms with Crippen LogP contribution in [0.3, 0.4) is 0 Å². The van der Waals surface area contributed by atoms with Crippen LogP contribution < -0.4 is 76.9 Å². The number of hydrogen-bond donors (Lipinski definition) is 16. The Labute approximate surface area is 428 Å². The van der Waals surface area contributed by atoms with E-state index in [0.29, 0.717) is 11.1 Å². The molecule has 26 nitrogen and oxygen atoms in total. The zero-order chi connectivity index (χ0) is 54.2. The quantitative estimate of drug-likeness (QED) is 0.0326. The average molecular weight is 1030 g/mol. The fourth-order valence-corrected chi connectivity index (χ4v) is 8.23. The molecule has 0 radical (unpaired) electrons. The number of para-hydroxylation sites is 1. The molecule has 74 heavy (non-hydrogen) atoms. The summed E-state index contributed by atoms with van der Waals surface area (Å²) in [4.78, 5) is 121. The highest BCUT2D eigenvalue weighted by atomic mass is 16.3. The van der Waals surface area contributed by atoms with Crippen LogP contribution in [-0.4, -0.2) is 144 Å². The van der Waals surface area contributed by atoms with E-state index in [1.165, 1.54) is 6.92 Å². The third-order valence-electron chi connectivity index (χ3n) is 12.0. The molecule has 2 heterocycles. The maximum atomic E-state index is 14.6. The van der Waals surface area contributed by atoms with Gasteiger partial charge in [0.2, 0.25) is 47.3 Å². The number of guanidine groups is 2. The second kappa shape index (κ2) is 30.3. The van der Waals surface area contributed by atoms with Crippen molar-refractivity contribution in [2.45, 2.75) is 126 Å². The van der Waals surface area contributed by atoms with E-state index in [4.69, 9.17) is 34.4 Å². The molecular weight excluding hydrogens is 959 g/mol. The molecule has 1 aliphatic heterocycles. The SMILES string of the molecule is CC(=O)N[C@@H](CCCN=C(N)N)C(=O)N[C@H]1CCCCNC(=O)C[C@@H](C(N)=O)NC(=O)[C@H](Cc2c[nH]c3ccccc23)NC(O)[C@H](CCCN=C(N)N)NC(=O)[C@@H](Cc2ccccc2)NC(=O)[C@H](CCN)NC1=O. The zero-order valence-corrected chi connectivity index (χ0v) is 41.6. The Balaban J connectivity index is 1.75. The minimum Gasteiger partial charge on any atom is -0.376 e. The Morgan fingerprint density at radius 1 is 0.757 bits per heavy atom. The lowest BCUT2D eigenvalue weighted by Crippen LogP contribution is -2.61. The molecule has 4 rings (SSSR count). The van der Waals surface area contributed by atoms with Gasteiger partial charge in [0.15, 0.2) is 11.9 Å². The number of carbonyl (C=O) groups is 8. The topological polar surface area (TPSA) is 450 Å². The predicted molar refractivity (Wildman–Crippen MR) is 277 cm³/mol. The van der Waals surface area contributed by atoms with Crippen molar-refractivity contribution in [3.05, 3.63) is 71.9 Å². The van der Waals surface area contributed by atoms with Gasteiger partial charge in [0.05, 0.1) is 18.5 Å². The lowest BCUT2D eigenvalue weighted by molar-refractivity contribution is -0.135. The molecule has 0 saturated carbocycles. The summed E-state index contributed by atoms with van der Waals surface area (Å²) in [6.45, 7) is 1.40. The Bertz CT molecular complexity index is 2430. The number of carbonyl (C=O) groups excluding carboxylic acids is 8. The Morgan fingerprint density at radius 2 is 1.41 bits per heavy atom. The second-order valence-electron chi connectivity index (χ2n) is 18.0. The fourth-order valence-electron chi connectivity index (χ4n) is 8.23. The maximum absolute atomic E-state index is 14.6. The van der Waals surface area contributed by atoms with Crippen LogP contribution in [0.1, 0.15) is 75.8 Å². The van der Waals surface area contributed by atoms with Gasteiger partial charge in [-0.1, -0.05) is 48.5 Å². The summed E-state index contributed by atoms with van der Waals surface area (Å²) in [5.74, 6) is -6.44. The number of aromatic amines is 1. The average Bonchev–Trinajstić information content (AvgIpc) is 3.76. The summed E-state index contributed by atoms with van der Waals surface area (Å²) < 4.78 is 0. The van der Waals surface area contributed by atoms with Gasteiger partial charge in [0.1, 0.15) is 36.4 Å². The summed E-state index contributed by atoms with van der Waals surface area (Å²) in [6, 6.07) is 6.95. The van der Waals surface area contributed by atoms with Crippen LogP contribution in [0.15, 0.2) is 70.8 Å². The number of hydrogen-bond acceptors (Lipinski definition) is 13. The first kappa shape index (κ1) is 58.7. The molecule has 404 valence electrons. The van der Waals surface area contributed by atoms with Gasteiger partial charge in [-0.25, -0.2) is 0 Å². The van der Waals surface area contributed by atoms with Crippen LogP contribution in [0.5, 0.6) is 0 Å². The maximum Gasteiger partial charge on any atom is 0.243 e. The van der Waals surface area contributed by atoms with Crippen molar-refractivity contribution < 1.29 is 43.5 Å². The monoisotopic (exact) mass is 1030 g/mol. The number of aliphatic hydroxyl groups is 1. The van der Waals surface area contributed by atoms with Gasteiger partial charge >= 0.3 is 0 Å². The highest BCUT2D eigenvalue weighted by Gasteiger charge is 2.35. The third kappa shape index (κ3) is 20.0. The summed E-state index contributed by atoms with van der Waals surface area (Å²) in [7, 11) is 0. The van der Waals surface area contributed by atoms with Gasteiger partial charge < -0.3 is 81.7 Å². The van der Waals surface area contributed by atoms with E-state index in [2.05, 4.69) is 57.5 Å². The summed E-state index contributed by atoms with van der Waals surface area (Å²) in [5.41, 5.74) is 35.8. The van der Waals surface area contributed by atoms with E-state index in [0.717, 1.165) is 10.9 Å². The molecule has 1 aromatic heterocycles. The molecule has 1 saturated heterocycles. The lowest BCUT2D eigenvalue weighted by Gasteiger charge is -2.31. The first-order valence-electron chi connectivity index (χ1n) is 24.5. The number of H-pyrrole nitrogens is 1. The molecular formula is C48H73N17O9. The Hall–Kier alpha value is -7.84. The van der Waals surface area contributed by atoms with Crippen LogP contribution in [-0.2, 0) is 51.2 Å². The fraction of sp³-hybridized carbons (Fsp3) is 0.500. The number of aliphatic imine (C=N–C) groups is 2. The van der Waals surface area contributed by atoms with Crippen molar-refractivity contribution in [1.82, 2.24) is 47.5 Å². The number of aliphatic hydroxyl groups excluding tert-OH is 1. The lowest BCUT2D eigenvalue weighted by atomic mass is 10.0. The number of rotatable bonds is 18. The van der Waals surface area contributed by atoms with E-state index in [9.17, 15) is 43.5 Å². The first-order chi connectivity index (χ1) is 35.3. The van der Waals surface area contributed by atoms with Crippen molar-refractivity contribution in [3.63, 3.8) is 0 Å². The number of benzene rings is 2. The van der Waals surface area contributed by atoms with E-state index in [-0.39, 0.29) is 102 Å². The van der Waals surface area contributed by atoms with Gasteiger partial charge in [-0.2, -0.15) is 0 Å². The minimum absolute atomic E-state index is 0.0201. The number of nitrogens with zero attached hydrogens (tertiary/aromatic N) is 2. The Kier molecular flexibility index (Phi) is 24.0. The van der Waals surface area contributed by atoms with Crippen molar-refractivity contribution in [2.75, 3.05) is 26.2 Å². The molecule has 8 atom stereocenters. The van der Waals surface area contributed by atoms with Crippen molar-refractivity contribution in [3.8, 4) is 0 Å². The first-order valence-corrected chi connectivity index (χ1v) is 24.5. The highest BCUT2D eigenvalue weighted by molar-refractivity contribution is 5.96. The molecule has 0 bridgehead atoms. The van der Waals surface area contributed by atoms with Crippen LogP contribution in [0.2, 0.25) is 0 Å². The molecule has 22 N–H and O–H groups in total. The number of aromatic nitrogens is 1. The molecule has 0 aliphatic carbocycles. The van der Waals surface area contributed by atoms with Crippen LogP contribution in [0, 0.1) is 0 Å². The normalized spacial score (nSPS) is 22.3. The smallest absolute Gasteiger partial charge is 0.243 e. The summed E-state index contributed by atoms with van der Waals surface area (Å²) in [6.07, 6.45) is 0.249. The third-order valence-corrected chi connectivity index (χ3v) is 12.0. The Morgan fingerprint density at radius 3 is 2.08 bits per heavy atom. The highest BCUT2D eigenvalue weighted by Crippen LogP contribution is 2.20. The van der Waals surface area contributed by atoms with Gasteiger partial charge in [-0.15, -0.1) is 0 Å². The molecule has 8 amide bonds. The molecule has 1 aliphatic rings. The number of amides is 8. The largest absolute Gasteiger partial charge is 0.376 e. The molecule has 1 fully saturated rings. The molecule has 26 heteroatoms. The molecule has 3 aromatic rings. The summed E-state index contributed by atoms with van der Waals surface area (Å²) >= 11 is 0. The van der Waals surface area contributed by atoms with Crippen LogP contribution in [0.25, 0.3) is 10.9 Å². The molecule has 2 aromatic carbocycles. The van der Waals surface area contributed by atoms with E-state index >= 15 is 0 Å². The van der Waals surface area contributed by atoms with E-state index in [1.807, 2.05) is 24.3 Å². The van der Waals surface area contributed by atoms with E-state index < -0.39 is 102 Å². The van der Waals surface area contributed by atoms with Gasteiger partial charge in [0, 0.05) is 50.1 Å². The van der Waals surface area contributed by atoms with Crippen molar-refractivity contribution in [2.24, 2.45) is 44.4 Å². The number of primary amides is 1. The minimum atomic E-state index is -1.69. The van der Waals surface area contributed by atoms with Crippen LogP contribution in [0.4, 0.5) is 0 Å². The number of nitrogens with one attached hydrogen (secondary N) is 9. The molecule has 1 unspecified atom stereocenters. The van der Waals surface area contributed by atoms with Gasteiger partial charge in [-0.05, 0) is 81.5 Å². The predicted octanol–water partition coefficient (Wildman–Crippen LogP) is -4.21. The standard InChI is InChI=1S/C48H73N17O9/c1-27(66)59-32(16-9-21-56-47(51)52)41(69)60-33-15-7-8-20-55-39(67)25-36(40(50)68)63-46(74)38(24-29-26-58-31-14-6-5-13-30(29)31)65-43(71)34(17-10-22-57-48(53)54)61-45(73)37(23-28-11-3-2-4-12-28)64-44(72)35(18-19-49)62-42(33)70/h2-6,11-14,26,32-38,43,58,65,71H,7-10,15-25,49H2,1H3,(H2,50,68)(H,55,67)(H,59,66)(H,60,69)(H,61,73)(H,62,70)(H,63,74)(H,64,72)(H4,51,52,56)(H4,53,54,57)/t32-,33-,34-,35-,36-,37+,38-,43?/m0/s1. The number of fused-ring (bicyclic) bond motifs is 1. The van der Waals surface area contributed by atoms with Crippen LogP contribution >= 0.6 is 0 Å². The number of nitrogens with two attached hydrogens (primary N) is 6. The molecule has 0 spiro atoms.